The molecule has 0 bridgehead atoms. The van der Waals surface area contributed by atoms with Gasteiger partial charge in [-0.25, -0.2) is 0 Å². The Morgan fingerprint density at radius 3 is 2.70 bits per heavy atom. The highest BCUT2D eigenvalue weighted by Gasteiger charge is 2.21. The fraction of sp³-hybridized carbons (Fsp3) is 0.462. The number of methoxy groups -OCH3 is 1. The summed E-state index contributed by atoms with van der Waals surface area (Å²) in [6.45, 7) is 1.86. The van der Waals surface area contributed by atoms with Crippen molar-refractivity contribution in [1.29, 1.82) is 0 Å². The number of nitrogens with zero attached hydrogens (tertiary/aromatic N) is 1. The third-order valence-electron chi connectivity index (χ3n) is 2.87. The van der Waals surface area contributed by atoms with E-state index in [1.54, 1.807) is 19.2 Å². The second kappa shape index (κ2) is 7.44. The molecule has 20 heavy (non-hydrogen) atoms. The van der Waals surface area contributed by atoms with E-state index in [0.717, 1.165) is 5.56 Å². The van der Waals surface area contributed by atoms with Gasteiger partial charge in [0, 0.05) is 6.07 Å². The molecule has 1 aromatic rings. The number of likely N-dealkylation sites (N-methyl/N-ethyl adjacent to an activating group) is 1. The normalized spacial score (nSPS) is 11.8. The molecular formula is C13H18N2O5. The van der Waals surface area contributed by atoms with Gasteiger partial charge < -0.3 is 14.8 Å². The first-order valence-corrected chi connectivity index (χ1v) is 6.18. The molecule has 7 heteroatoms. The van der Waals surface area contributed by atoms with Crippen molar-refractivity contribution in [3.63, 3.8) is 0 Å². The van der Waals surface area contributed by atoms with Gasteiger partial charge in [-0.3, -0.25) is 14.9 Å². The average Bonchev–Trinajstić information content (AvgIpc) is 2.47. The second-order valence-corrected chi connectivity index (χ2v) is 4.09. The lowest BCUT2D eigenvalue weighted by Crippen LogP contribution is -2.40. The van der Waals surface area contributed by atoms with Gasteiger partial charge in [0.05, 0.1) is 12.0 Å². The Hall–Kier alpha value is -2.15. The van der Waals surface area contributed by atoms with Crippen LogP contribution in [0.1, 0.15) is 12.5 Å². The first-order valence-electron chi connectivity index (χ1n) is 6.18. The van der Waals surface area contributed by atoms with Crippen LogP contribution < -0.4 is 10.1 Å². The van der Waals surface area contributed by atoms with E-state index in [1.165, 1.54) is 13.2 Å². The van der Waals surface area contributed by atoms with E-state index in [1.807, 2.05) is 6.92 Å². The molecule has 0 saturated heterocycles. The predicted molar refractivity (Wildman–Crippen MR) is 72.8 cm³/mol. The largest absolute Gasteiger partial charge is 0.485 e. The minimum Gasteiger partial charge on any atom is -0.485 e. The van der Waals surface area contributed by atoms with Crippen molar-refractivity contribution in [3.8, 4) is 5.75 Å². The SMILES string of the molecule is CCc1ccc(OCC(NC)C(=O)OC)c([N+](=O)[O-])c1. The quantitative estimate of drug-likeness (QED) is 0.460. The van der Waals surface area contributed by atoms with Crippen molar-refractivity contribution in [1.82, 2.24) is 5.32 Å². The summed E-state index contributed by atoms with van der Waals surface area (Å²) in [5.74, 6) is -0.350. The Balaban J connectivity index is 2.86. The zero-order valence-electron chi connectivity index (χ0n) is 11.7. The smallest absolute Gasteiger partial charge is 0.326 e. The summed E-state index contributed by atoms with van der Waals surface area (Å²) >= 11 is 0. The molecule has 1 atom stereocenters. The van der Waals surface area contributed by atoms with Crippen LogP contribution in [0.2, 0.25) is 0 Å². The van der Waals surface area contributed by atoms with E-state index in [9.17, 15) is 14.9 Å². The van der Waals surface area contributed by atoms with Crippen LogP contribution >= 0.6 is 0 Å². The van der Waals surface area contributed by atoms with Gasteiger partial charge in [-0.1, -0.05) is 13.0 Å². The van der Waals surface area contributed by atoms with E-state index in [4.69, 9.17) is 4.74 Å². The van der Waals surface area contributed by atoms with Crippen molar-refractivity contribution >= 4 is 11.7 Å². The van der Waals surface area contributed by atoms with Gasteiger partial charge in [0.1, 0.15) is 12.6 Å². The maximum absolute atomic E-state index is 11.4. The number of nitro benzene ring substituents is 1. The summed E-state index contributed by atoms with van der Waals surface area (Å²) in [6.07, 6.45) is 0.697. The molecule has 1 unspecified atom stereocenters. The second-order valence-electron chi connectivity index (χ2n) is 4.09. The Morgan fingerprint density at radius 2 is 2.20 bits per heavy atom. The summed E-state index contributed by atoms with van der Waals surface area (Å²) in [6, 6.07) is 4.10. The minimum atomic E-state index is -0.676. The Labute approximate surface area is 117 Å². The van der Waals surface area contributed by atoms with Crippen molar-refractivity contribution in [3.05, 3.63) is 33.9 Å². The standard InChI is InChI=1S/C13H18N2O5/c1-4-9-5-6-12(11(7-9)15(17)18)20-8-10(14-2)13(16)19-3/h5-7,10,14H,4,8H2,1-3H3. The number of esters is 1. The number of rotatable bonds is 7. The number of ether oxygens (including phenoxy) is 2. The third-order valence-corrected chi connectivity index (χ3v) is 2.87. The first-order chi connectivity index (χ1) is 9.53. The molecule has 0 spiro atoms. The predicted octanol–water partition coefficient (Wildman–Crippen LogP) is 1.30. The van der Waals surface area contributed by atoms with E-state index in [-0.39, 0.29) is 18.0 Å². The van der Waals surface area contributed by atoms with Crippen molar-refractivity contribution in [2.45, 2.75) is 19.4 Å². The van der Waals surface area contributed by atoms with Crippen LogP contribution in [-0.4, -0.2) is 37.7 Å². The molecule has 0 saturated carbocycles. The number of aryl methyl sites for hydroxylation is 1. The first kappa shape index (κ1) is 15.9. The van der Waals surface area contributed by atoms with Gasteiger partial charge in [-0.05, 0) is 25.1 Å². The van der Waals surface area contributed by atoms with Crippen molar-refractivity contribution in [2.24, 2.45) is 0 Å². The summed E-state index contributed by atoms with van der Waals surface area (Å²) in [5.41, 5.74) is 0.742. The summed E-state index contributed by atoms with van der Waals surface area (Å²) in [7, 11) is 2.85. The van der Waals surface area contributed by atoms with Crippen molar-refractivity contribution in [2.75, 3.05) is 20.8 Å². The molecule has 0 aliphatic rings. The van der Waals surface area contributed by atoms with Crippen LogP contribution in [0.15, 0.2) is 18.2 Å². The zero-order valence-corrected chi connectivity index (χ0v) is 11.7. The number of carbonyl (C=O) groups excluding carboxylic acids is 1. The average molecular weight is 282 g/mol. The van der Waals surface area contributed by atoms with Crippen LogP contribution in [0, 0.1) is 10.1 Å². The van der Waals surface area contributed by atoms with Gasteiger partial charge >= 0.3 is 11.7 Å². The maximum Gasteiger partial charge on any atom is 0.326 e. The minimum absolute atomic E-state index is 0.0461. The van der Waals surface area contributed by atoms with Gasteiger partial charge in [-0.2, -0.15) is 0 Å². The summed E-state index contributed by atoms with van der Waals surface area (Å²) in [5, 5.41) is 13.7. The molecule has 0 aromatic heterocycles. The van der Waals surface area contributed by atoms with Crippen LogP contribution in [0.5, 0.6) is 5.75 Å². The van der Waals surface area contributed by atoms with Gasteiger partial charge in [0.15, 0.2) is 5.75 Å². The number of hydrogen-bond acceptors (Lipinski definition) is 6. The Bertz CT molecular complexity index is 490. The Morgan fingerprint density at radius 1 is 1.50 bits per heavy atom. The van der Waals surface area contributed by atoms with Gasteiger partial charge in [0.2, 0.25) is 0 Å². The van der Waals surface area contributed by atoms with Crippen LogP contribution in [-0.2, 0) is 16.0 Å². The lowest BCUT2D eigenvalue weighted by molar-refractivity contribution is -0.385. The third kappa shape index (κ3) is 3.92. The van der Waals surface area contributed by atoms with E-state index in [0.29, 0.717) is 6.42 Å². The number of carbonyl (C=O) groups is 1. The van der Waals surface area contributed by atoms with E-state index < -0.39 is 16.9 Å². The van der Waals surface area contributed by atoms with Gasteiger partial charge in [0.25, 0.3) is 0 Å². The molecule has 0 aliphatic carbocycles. The zero-order chi connectivity index (χ0) is 15.1. The molecular weight excluding hydrogens is 264 g/mol. The highest BCUT2D eigenvalue weighted by molar-refractivity contribution is 5.75. The van der Waals surface area contributed by atoms with Crippen LogP contribution in [0.4, 0.5) is 5.69 Å². The summed E-state index contributed by atoms with van der Waals surface area (Å²) in [4.78, 5) is 21.9. The van der Waals surface area contributed by atoms with E-state index >= 15 is 0 Å². The fourth-order valence-electron chi connectivity index (χ4n) is 1.63. The topological polar surface area (TPSA) is 90.7 Å². The van der Waals surface area contributed by atoms with Crippen LogP contribution in [0.3, 0.4) is 0 Å². The molecule has 0 fully saturated rings. The lowest BCUT2D eigenvalue weighted by Gasteiger charge is -2.14. The number of benzene rings is 1. The highest BCUT2D eigenvalue weighted by atomic mass is 16.6. The molecule has 1 rings (SSSR count). The number of hydrogen-bond donors (Lipinski definition) is 1. The molecule has 1 aromatic carbocycles. The summed E-state index contributed by atoms with van der Waals surface area (Å²) < 4.78 is 9.96. The van der Waals surface area contributed by atoms with Gasteiger partial charge in [-0.15, -0.1) is 0 Å². The number of nitro groups is 1. The monoisotopic (exact) mass is 282 g/mol. The maximum atomic E-state index is 11.4. The molecule has 0 aliphatic heterocycles. The highest BCUT2D eigenvalue weighted by Crippen LogP contribution is 2.28. The molecule has 0 heterocycles. The molecule has 110 valence electrons. The van der Waals surface area contributed by atoms with Crippen molar-refractivity contribution < 1.29 is 19.2 Å². The molecule has 7 nitrogen and oxygen atoms in total. The molecule has 0 amide bonds. The lowest BCUT2D eigenvalue weighted by atomic mass is 10.1. The van der Waals surface area contributed by atoms with E-state index in [2.05, 4.69) is 10.1 Å². The van der Waals surface area contributed by atoms with Crippen LogP contribution in [0.25, 0.3) is 0 Å². The number of nitrogens with one attached hydrogen (secondary N) is 1. The Kier molecular flexibility index (Phi) is 5.92. The fourth-order valence-corrected chi connectivity index (χ4v) is 1.63. The molecule has 1 N–H and O–H groups in total. The molecule has 0 radical (unpaired) electrons.